The summed E-state index contributed by atoms with van der Waals surface area (Å²) in [7, 11) is 0. The Kier molecular flexibility index (Phi) is 3.31. The van der Waals surface area contributed by atoms with Gasteiger partial charge in [-0.1, -0.05) is 19.4 Å². The number of hydrogen-bond acceptors (Lipinski definition) is 2. The number of carboxylic acids is 1. The van der Waals surface area contributed by atoms with E-state index in [1.54, 1.807) is 0 Å². The molecule has 6 atom stereocenters. The summed E-state index contributed by atoms with van der Waals surface area (Å²) >= 11 is 0. The van der Waals surface area contributed by atoms with Gasteiger partial charge in [0.25, 0.3) is 0 Å². The Morgan fingerprint density at radius 2 is 1.87 bits per heavy atom. The van der Waals surface area contributed by atoms with Crippen LogP contribution < -0.4 is 0 Å². The van der Waals surface area contributed by atoms with Crippen molar-refractivity contribution in [3.8, 4) is 0 Å². The molecule has 126 valence electrons. The highest BCUT2D eigenvalue weighted by molar-refractivity contribution is 5.91. The molecule has 4 aliphatic carbocycles. The minimum atomic E-state index is -0.584. The number of hydrogen-bond donors (Lipinski definition) is 1. The van der Waals surface area contributed by atoms with E-state index in [1.807, 2.05) is 6.08 Å². The molecule has 3 nitrogen and oxygen atoms in total. The summed E-state index contributed by atoms with van der Waals surface area (Å²) in [6.07, 6.45) is 9.99. The Bertz CT molecular complexity index is 592. The summed E-state index contributed by atoms with van der Waals surface area (Å²) in [4.78, 5) is 23.5. The average molecular weight is 316 g/mol. The predicted octanol–water partition coefficient (Wildman–Crippen LogP) is 4.22. The molecule has 0 heterocycles. The largest absolute Gasteiger partial charge is 0.481 e. The lowest BCUT2D eigenvalue weighted by Crippen LogP contribution is -2.51. The molecular formula is C20H28O3. The molecule has 23 heavy (non-hydrogen) atoms. The second kappa shape index (κ2) is 4.94. The first-order chi connectivity index (χ1) is 10.9. The average Bonchev–Trinajstić information content (AvgIpc) is 2.85. The van der Waals surface area contributed by atoms with Crippen molar-refractivity contribution in [2.45, 2.75) is 65.2 Å². The highest BCUT2D eigenvalue weighted by Crippen LogP contribution is 2.66. The van der Waals surface area contributed by atoms with Crippen LogP contribution in [0.2, 0.25) is 0 Å². The molecule has 0 radical (unpaired) electrons. The topological polar surface area (TPSA) is 54.4 Å². The van der Waals surface area contributed by atoms with Crippen LogP contribution in [0, 0.1) is 34.5 Å². The van der Waals surface area contributed by atoms with E-state index in [2.05, 4.69) is 13.8 Å². The Balaban J connectivity index is 1.67. The molecule has 4 aliphatic rings. The van der Waals surface area contributed by atoms with Gasteiger partial charge in [-0.25, -0.2) is 0 Å². The molecule has 0 aromatic heterocycles. The Labute approximate surface area is 138 Å². The molecule has 0 aromatic carbocycles. The maximum absolute atomic E-state index is 11.8. The van der Waals surface area contributed by atoms with E-state index in [1.165, 1.54) is 5.57 Å². The Morgan fingerprint density at radius 3 is 2.61 bits per heavy atom. The fraction of sp³-hybridized carbons (Fsp3) is 0.800. The zero-order valence-electron chi connectivity index (χ0n) is 14.3. The second-order valence-electron chi connectivity index (χ2n) is 8.98. The molecule has 0 spiro atoms. The highest BCUT2D eigenvalue weighted by atomic mass is 16.4. The van der Waals surface area contributed by atoms with Crippen molar-refractivity contribution in [3.05, 3.63) is 11.6 Å². The van der Waals surface area contributed by atoms with Gasteiger partial charge in [-0.05, 0) is 79.6 Å². The van der Waals surface area contributed by atoms with Crippen molar-refractivity contribution in [1.82, 2.24) is 0 Å². The van der Waals surface area contributed by atoms with Crippen molar-refractivity contribution in [2.75, 3.05) is 0 Å². The van der Waals surface area contributed by atoms with Crippen LogP contribution in [0.3, 0.4) is 0 Å². The second-order valence-corrected chi connectivity index (χ2v) is 8.98. The van der Waals surface area contributed by atoms with Gasteiger partial charge in [0.15, 0.2) is 5.78 Å². The lowest BCUT2D eigenvalue weighted by molar-refractivity contribution is -0.149. The summed E-state index contributed by atoms with van der Waals surface area (Å²) in [6, 6.07) is 0. The van der Waals surface area contributed by atoms with Gasteiger partial charge >= 0.3 is 5.97 Å². The van der Waals surface area contributed by atoms with Crippen molar-refractivity contribution in [3.63, 3.8) is 0 Å². The fourth-order valence-corrected chi connectivity index (χ4v) is 6.97. The third-order valence-corrected chi connectivity index (χ3v) is 8.26. The molecular weight excluding hydrogens is 288 g/mol. The van der Waals surface area contributed by atoms with Gasteiger partial charge in [0.05, 0.1) is 5.92 Å². The third-order valence-electron chi connectivity index (χ3n) is 8.26. The van der Waals surface area contributed by atoms with Crippen LogP contribution >= 0.6 is 0 Å². The fourth-order valence-electron chi connectivity index (χ4n) is 6.97. The molecule has 4 rings (SSSR count). The molecule has 3 heteroatoms. The first-order valence-electron chi connectivity index (χ1n) is 9.33. The van der Waals surface area contributed by atoms with E-state index in [4.69, 9.17) is 0 Å². The smallest absolute Gasteiger partial charge is 0.307 e. The standard InChI is InChI=1S/C20H28O3/c1-19-9-7-13(21)11-12(19)3-4-14-15-5-6-17(18(22)23)20(15,2)10-8-16(14)19/h11,14-17H,3-10H2,1-2H3,(H,22,23)/t14?,15?,16?,17-,19+,20+/m1/s1. The van der Waals surface area contributed by atoms with Crippen molar-refractivity contribution < 1.29 is 14.7 Å². The number of allylic oxidation sites excluding steroid dienone is 1. The molecule has 3 saturated carbocycles. The monoisotopic (exact) mass is 316 g/mol. The molecule has 0 saturated heterocycles. The van der Waals surface area contributed by atoms with Gasteiger partial charge in [0.2, 0.25) is 0 Å². The summed E-state index contributed by atoms with van der Waals surface area (Å²) in [5.74, 6) is 1.46. The van der Waals surface area contributed by atoms with Crippen LogP contribution in [-0.2, 0) is 9.59 Å². The zero-order valence-corrected chi connectivity index (χ0v) is 14.3. The molecule has 3 unspecified atom stereocenters. The highest BCUT2D eigenvalue weighted by Gasteiger charge is 2.60. The van der Waals surface area contributed by atoms with Crippen LogP contribution in [-0.4, -0.2) is 16.9 Å². The summed E-state index contributed by atoms with van der Waals surface area (Å²) in [5.41, 5.74) is 1.58. The van der Waals surface area contributed by atoms with Gasteiger partial charge in [-0.3, -0.25) is 9.59 Å². The van der Waals surface area contributed by atoms with E-state index in [0.717, 1.165) is 44.9 Å². The van der Waals surface area contributed by atoms with Crippen molar-refractivity contribution >= 4 is 11.8 Å². The molecule has 3 fully saturated rings. The summed E-state index contributed by atoms with van der Waals surface area (Å²) < 4.78 is 0. The lowest BCUT2D eigenvalue weighted by Gasteiger charge is -2.57. The first-order valence-corrected chi connectivity index (χ1v) is 9.33. The number of carbonyl (C=O) groups is 2. The zero-order chi connectivity index (χ0) is 16.4. The molecule has 0 amide bonds. The number of carbonyl (C=O) groups excluding carboxylic acids is 1. The van der Waals surface area contributed by atoms with Gasteiger partial charge < -0.3 is 5.11 Å². The third kappa shape index (κ3) is 2.01. The summed E-state index contributed by atoms with van der Waals surface area (Å²) in [5, 5.41) is 9.63. The minimum Gasteiger partial charge on any atom is -0.481 e. The van der Waals surface area contributed by atoms with E-state index < -0.39 is 5.97 Å². The van der Waals surface area contributed by atoms with E-state index in [-0.39, 0.29) is 16.7 Å². The van der Waals surface area contributed by atoms with Crippen LogP contribution in [0.25, 0.3) is 0 Å². The number of rotatable bonds is 1. The van der Waals surface area contributed by atoms with Crippen molar-refractivity contribution in [1.29, 1.82) is 0 Å². The minimum absolute atomic E-state index is 0.00490. The lowest BCUT2D eigenvalue weighted by atomic mass is 9.47. The van der Waals surface area contributed by atoms with Gasteiger partial charge in [0, 0.05) is 6.42 Å². The van der Waals surface area contributed by atoms with Crippen LogP contribution in [0.4, 0.5) is 0 Å². The number of fused-ring (bicyclic) bond motifs is 5. The Morgan fingerprint density at radius 1 is 1.09 bits per heavy atom. The van der Waals surface area contributed by atoms with E-state index >= 15 is 0 Å². The van der Waals surface area contributed by atoms with Gasteiger partial charge in [-0.2, -0.15) is 0 Å². The van der Waals surface area contributed by atoms with E-state index in [0.29, 0.717) is 30.0 Å². The van der Waals surface area contributed by atoms with Crippen LogP contribution in [0.5, 0.6) is 0 Å². The number of carboxylic acid groups (broad SMARTS) is 1. The molecule has 0 bridgehead atoms. The quantitative estimate of drug-likeness (QED) is 0.788. The van der Waals surface area contributed by atoms with Gasteiger partial charge in [-0.15, -0.1) is 0 Å². The molecule has 0 aliphatic heterocycles. The predicted molar refractivity (Wildman–Crippen MR) is 87.8 cm³/mol. The first kappa shape index (κ1) is 15.4. The SMILES string of the molecule is C[C@]12CCC(=O)C=C1CCC1C2CC[C@@]2(C)C1CC[C@@H]2C(=O)O. The van der Waals surface area contributed by atoms with Crippen LogP contribution in [0.1, 0.15) is 65.2 Å². The number of ketones is 1. The number of aliphatic carboxylic acids is 1. The van der Waals surface area contributed by atoms with Gasteiger partial charge in [0.1, 0.15) is 0 Å². The van der Waals surface area contributed by atoms with Crippen molar-refractivity contribution in [2.24, 2.45) is 34.5 Å². The van der Waals surface area contributed by atoms with E-state index in [9.17, 15) is 14.7 Å². The maximum Gasteiger partial charge on any atom is 0.307 e. The summed E-state index contributed by atoms with van der Waals surface area (Å²) in [6.45, 7) is 4.63. The normalized spacial score (nSPS) is 49.0. The Hall–Kier alpha value is -1.12. The maximum atomic E-state index is 11.8. The molecule has 1 N–H and O–H groups in total. The molecule has 0 aromatic rings. The van der Waals surface area contributed by atoms with Crippen LogP contribution in [0.15, 0.2) is 11.6 Å².